The Morgan fingerprint density at radius 2 is 1.74 bits per heavy atom. The number of benzene rings is 1. The first-order chi connectivity index (χ1) is 14.3. The number of halogens is 4. The molecule has 2 N–H and O–H groups in total. The molecule has 0 atom stereocenters. The van der Waals surface area contributed by atoms with Crippen LogP contribution in [0.4, 0.5) is 18.9 Å². The van der Waals surface area contributed by atoms with E-state index >= 15 is 0 Å². The number of nitrogens with zero attached hydrogens (tertiary/aromatic N) is 2. The summed E-state index contributed by atoms with van der Waals surface area (Å²) in [4.78, 5) is 7.72. The predicted octanol–water partition coefficient (Wildman–Crippen LogP) is 3.81. The van der Waals surface area contributed by atoms with Crippen LogP contribution in [0.25, 0.3) is 0 Å². The molecule has 31 heavy (non-hydrogen) atoms. The van der Waals surface area contributed by atoms with E-state index in [0.717, 1.165) is 6.07 Å². The van der Waals surface area contributed by atoms with Gasteiger partial charge in [-0.25, -0.2) is 4.98 Å². The monoisotopic (exact) mass is 556 g/mol. The molecule has 0 spiro atoms. The van der Waals surface area contributed by atoms with Gasteiger partial charge in [0.25, 0.3) is 0 Å². The Morgan fingerprint density at radius 1 is 1.10 bits per heavy atom. The van der Waals surface area contributed by atoms with Crippen LogP contribution >= 0.6 is 24.0 Å². The number of pyridine rings is 1. The highest BCUT2D eigenvalue weighted by Crippen LogP contribution is 2.40. The molecule has 172 valence electrons. The fourth-order valence-corrected chi connectivity index (χ4v) is 2.51. The minimum Gasteiger partial charge on any atom is -0.493 e. The molecular formula is C19H24F3IN4O4. The molecule has 1 heterocycles. The van der Waals surface area contributed by atoms with E-state index in [1.165, 1.54) is 33.6 Å². The summed E-state index contributed by atoms with van der Waals surface area (Å²) in [5.41, 5.74) is -0.326. The Morgan fingerprint density at radius 3 is 2.26 bits per heavy atom. The summed E-state index contributed by atoms with van der Waals surface area (Å²) in [5, 5.41) is 5.98. The van der Waals surface area contributed by atoms with Gasteiger partial charge in [-0.1, -0.05) is 0 Å². The zero-order chi connectivity index (χ0) is 22.1. The Balaban J connectivity index is 0.00000480. The maximum absolute atomic E-state index is 13.0. The van der Waals surface area contributed by atoms with Crippen molar-refractivity contribution >= 4 is 35.6 Å². The first kappa shape index (κ1) is 26.4. The van der Waals surface area contributed by atoms with Crippen LogP contribution in [0.2, 0.25) is 0 Å². The van der Waals surface area contributed by atoms with Gasteiger partial charge in [-0.2, -0.15) is 13.2 Å². The third-order valence-electron chi connectivity index (χ3n) is 3.86. The number of hydrogen-bond donors (Lipinski definition) is 2. The van der Waals surface area contributed by atoms with Gasteiger partial charge in [0.1, 0.15) is 12.2 Å². The Bertz CT molecular complexity index is 856. The molecule has 0 aliphatic rings. The van der Waals surface area contributed by atoms with Crippen LogP contribution in [0.3, 0.4) is 0 Å². The van der Waals surface area contributed by atoms with E-state index in [9.17, 15) is 13.2 Å². The highest BCUT2D eigenvalue weighted by atomic mass is 127. The van der Waals surface area contributed by atoms with Crippen molar-refractivity contribution < 1.29 is 32.1 Å². The largest absolute Gasteiger partial charge is 0.493 e. The molecule has 0 aliphatic carbocycles. The second kappa shape index (κ2) is 12.3. The van der Waals surface area contributed by atoms with E-state index in [0.29, 0.717) is 28.9 Å². The van der Waals surface area contributed by atoms with Crippen molar-refractivity contribution in [2.45, 2.75) is 6.18 Å². The summed E-state index contributed by atoms with van der Waals surface area (Å²) in [7, 11) is 6.05. The average molecular weight is 556 g/mol. The lowest BCUT2D eigenvalue weighted by Crippen LogP contribution is -2.34. The van der Waals surface area contributed by atoms with Gasteiger partial charge in [0.15, 0.2) is 17.5 Å². The van der Waals surface area contributed by atoms with E-state index in [1.807, 2.05) is 0 Å². The van der Waals surface area contributed by atoms with Crippen molar-refractivity contribution in [2.75, 3.05) is 46.8 Å². The average Bonchev–Trinajstić information content (AvgIpc) is 2.74. The maximum Gasteiger partial charge on any atom is 0.421 e. The number of aliphatic imine (C=N–C) groups is 1. The van der Waals surface area contributed by atoms with Crippen LogP contribution in [-0.4, -0.2) is 52.5 Å². The molecule has 12 heteroatoms. The number of methoxy groups -OCH3 is 3. The smallest absolute Gasteiger partial charge is 0.421 e. The lowest BCUT2D eigenvalue weighted by molar-refractivity contribution is -0.139. The molecular weight excluding hydrogens is 532 g/mol. The van der Waals surface area contributed by atoms with Crippen molar-refractivity contribution in [3.63, 3.8) is 0 Å². The molecule has 8 nitrogen and oxygen atoms in total. The molecule has 1 aromatic carbocycles. The summed E-state index contributed by atoms with van der Waals surface area (Å²) in [5.74, 6) is 1.24. The first-order valence-corrected chi connectivity index (χ1v) is 8.76. The second-order valence-electron chi connectivity index (χ2n) is 5.74. The molecule has 0 fully saturated rings. The Labute approximate surface area is 195 Å². The molecule has 0 amide bonds. The highest BCUT2D eigenvalue weighted by molar-refractivity contribution is 14.0. The van der Waals surface area contributed by atoms with Crippen LogP contribution in [0.5, 0.6) is 23.1 Å². The van der Waals surface area contributed by atoms with Crippen LogP contribution in [0.15, 0.2) is 35.5 Å². The number of alkyl halides is 3. The maximum atomic E-state index is 13.0. The number of ether oxygens (including phenoxy) is 4. The van der Waals surface area contributed by atoms with Gasteiger partial charge in [-0.3, -0.25) is 4.99 Å². The zero-order valence-corrected chi connectivity index (χ0v) is 19.7. The molecule has 0 bridgehead atoms. The van der Waals surface area contributed by atoms with Crippen molar-refractivity contribution in [3.8, 4) is 23.1 Å². The second-order valence-corrected chi connectivity index (χ2v) is 5.74. The Hall–Kier alpha value is -2.64. The number of rotatable bonds is 8. The SMILES string of the molecule is CN=C(NCCOc1ncccc1C(F)(F)F)Nc1cc(OC)c(OC)c(OC)c1.I. The fourth-order valence-electron chi connectivity index (χ4n) is 2.51. The Kier molecular flexibility index (Phi) is 10.4. The summed E-state index contributed by atoms with van der Waals surface area (Å²) in [6.45, 7) is 0.119. The number of aromatic nitrogens is 1. The number of hydrogen-bond acceptors (Lipinski definition) is 6. The van der Waals surface area contributed by atoms with Gasteiger partial charge >= 0.3 is 6.18 Å². The van der Waals surface area contributed by atoms with Crippen LogP contribution < -0.4 is 29.6 Å². The van der Waals surface area contributed by atoms with E-state index in [2.05, 4.69) is 20.6 Å². The zero-order valence-electron chi connectivity index (χ0n) is 17.4. The van der Waals surface area contributed by atoms with Crippen molar-refractivity contribution in [2.24, 2.45) is 4.99 Å². The van der Waals surface area contributed by atoms with Gasteiger partial charge in [0.05, 0.1) is 27.9 Å². The van der Waals surface area contributed by atoms with Gasteiger partial charge in [-0.05, 0) is 12.1 Å². The quantitative estimate of drug-likeness (QED) is 0.222. The minimum atomic E-state index is -4.54. The number of anilines is 1. The number of nitrogens with one attached hydrogen (secondary N) is 2. The van der Waals surface area contributed by atoms with Crippen molar-refractivity contribution in [1.29, 1.82) is 0 Å². The molecule has 0 saturated carbocycles. The molecule has 1 aromatic heterocycles. The summed E-state index contributed by atoms with van der Waals surface area (Å²) in [6.07, 6.45) is -3.30. The van der Waals surface area contributed by atoms with E-state index < -0.39 is 17.6 Å². The minimum absolute atomic E-state index is 0. The van der Waals surface area contributed by atoms with Gasteiger partial charge < -0.3 is 29.6 Å². The molecule has 0 unspecified atom stereocenters. The topological polar surface area (TPSA) is 86.2 Å². The van der Waals surface area contributed by atoms with Gasteiger partial charge in [0.2, 0.25) is 11.6 Å². The van der Waals surface area contributed by atoms with E-state index in [4.69, 9.17) is 18.9 Å². The van der Waals surface area contributed by atoms with Crippen LogP contribution in [-0.2, 0) is 6.18 Å². The summed E-state index contributed by atoms with van der Waals surface area (Å²) >= 11 is 0. The first-order valence-electron chi connectivity index (χ1n) is 8.76. The molecule has 0 aliphatic heterocycles. The summed E-state index contributed by atoms with van der Waals surface area (Å²) in [6, 6.07) is 5.50. The van der Waals surface area contributed by atoms with E-state index in [1.54, 1.807) is 19.2 Å². The van der Waals surface area contributed by atoms with Crippen LogP contribution in [0, 0.1) is 0 Å². The summed E-state index contributed by atoms with van der Waals surface area (Å²) < 4.78 is 59.9. The number of guanidine groups is 1. The van der Waals surface area contributed by atoms with Crippen molar-refractivity contribution in [1.82, 2.24) is 10.3 Å². The van der Waals surface area contributed by atoms with Gasteiger partial charge in [0, 0.05) is 31.1 Å². The fraction of sp³-hybridized carbons (Fsp3) is 0.368. The van der Waals surface area contributed by atoms with Crippen LogP contribution in [0.1, 0.15) is 5.56 Å². The lowest BCUT2D eigenvalue weighted by atomic mass is 10.2. The molecule has 0 radical (unpaired) electrons. The van der Waals surface area contributed by atoms with Gasteiger partial charge in [-0.15, -0.1) is 24.0 Å². The molecule has 2 rings (SSSR count). The highest BCUT2D eigenvalue weighted by Gasteiger charge is 2.35. The lowest BCUT2D eigenvalue weighted by Gasteiger charge is -2.17. The normalized spacial score (nSPS) is 11.3. The predicted molar refractivity (Wildman–Crippen MR) is 121 cm³/mol. The third kappa shape index (κ3) is 7.22. The van der Waals surface area contributed by atoms with E-state index in [-0.39, 0.29) is 37.1 Å². The molecule has 2 aromatic rings. The van der Waals surface area contributed by atoms with Crippen molar-refractivity contribution in [3.05, 3.63) is 36.0 Å². The molecule has 0 saturated heterocycles. The third-order valence-corrected chi connectivity index (χ3v) is 3.86. The standard InChI is InChI=1S/C19H23F3N4O4.HI/c1-23-18(26-12-10-14(27-2)16(29-4)15(11-12)28-3)25-8-9-30-17-13(19(20,21)22)6-5-7-24-17;/h5-7,10-11H,8-9H2,1-4H3,(H2,23,25,26);1H.